The number of aromatic nitrogens is 2. The predicted molar refractivity (Wildman–Crippen MR) is 95.5 cm³/mol. The Balaban J connectivity index is 1.60. The van der Waals surface area contributed by atoms with Crippen LogP contribution in [0.3, 0.4) is 0 Å². The third kappa shape index (κ3) is 4.11. The molecule has 5 heteroatoms. The Morgan fingerprint density at radius 1 is 1.25 bits per heavy atom. The number of hydrogen-bond acceptors (Lipinski definition) is 3. The summed E-state index contributed by atoms with van der Waals surface area (Å²) in [6.07, 6.45) is 7.23. The second kappa shape index (κ2) is 7.45. The number of carbonyl (C=O) groups is 1. The largest absolute Gasteiger partial charge is 0.348 e. The molecule has 5 nitrogen and oxygen atoms in total. The van der Waals surface area contributed by atoms with E-state index in [0.29, 0.717) is 6.54 Å². The van der Waals surface area contributed by atoms with E-state index in [1.807, 2.05) is 29.1 Å². The van der Waals surface area contributed by atoms with Gasteiger partial charge < -0.3 is 4.90 Å². The van der Waals surface area contributed by atoms with Crippen LogP contribution in [0.25, 0.3) is 5.57 Å². The monoisotopic (exact) mass is 324 g/mol. The normalized spacial score (nSPS) is 15.2. The molecule has 0 fully saturated rings. The van der Waals surface area contributed by atoms with E-state index in [1.54, 1.807) is 19.0 Å². The highest BCUT2D eigenvalue weighted by Gasteiger charge is 2.17. The highest BCUT2D eigenvalue weighted by atomic mass is 16.2. The van der Waals surface area contributed by atoms with E-state index < -0.39 is 0 Å². The first kappa shape index (κ1) is 16.5. The average molecular weight is 324 g/mol. The topological polar surface area (TPSA) is 41.4 Å². The summed E-state index contributed by atoms with van der Waals surface area (Å²) in [5.41, 5.74) is 3.76. The SMILES string of the molecule is CN(C)C(=O)CN1CC=C(c2cnn(Cc3ccccc3)c2)CC1. The molecule has 1 aromatic heterocycles. The number of hydrogen-bond donors (Lipinski definition) is 0. The lowest BCUT2D eigenvalue weighted by Gasteiger charge is -2.26. The van der Waals surface area contributed by atoms with E-state index in [-0.39, 0.29) is 5.91 Å². The zero-order valence-electron chi connectivity index (χ0n) is 14.4. The Morgan fingerprint density at radius 2 is 2.04 bits per heavy atom. The Morgan fingerprint density at radius 3 is 2.71 bits per heavy atom. The van der Waals surface area contributed by atoms with Gasteiger partial charge >= 0.3 is 0 Å². The summed E-state index contributed by atoms with van der Waals surface area (Å²) >= 11 is 0. The van der Waals surface area contributed by atoms with Crippen LogP contribution in [-0.2, 0) is 11.3 Å². The Labute approximate surface area is 143 Å². The fourth-order valence-electron chi connectivity index (χ4n) is 2.84. The number of amides is 1. The molecule has 0 saturated heterocycles. The first-order valence-electron chi connectivity index (χ1n) is 8.30. The van der Waals surface area contributed by atoms with Crippen LogP contribution in [0.1, 0.15) is 17.5 Å². The van der Waals surface area contributed by atoms with Gasteiger partial charge in [0.25, 0.3) is 0 Å². The smallest absolute Gasteiger partial charge is 0.236 e. The van der Waals surface area contributed by atoms with Crippen molar-refractivity contribution >= 4 is 11.5 Å². The van der Waals surface area contributed by atoms with Crippen molar-refractivity contribution in [1.82, 2.24) is 19.6 Å². The van der Waals surface area contributed by atoms with Crippen LogP contribution in [0, 0.1) is 0 Å². The molecule has 1 aliphatic rings. The molecule has 0 N–H and O–H groups in total. The minimum absolute atomic E-state index is 0.155. The van der Waals surface area contributed by atoms with Crippen molar-refractivity contribution in [2.45, 2.75) is 13.0 Å². The van der Waals surface area contributed by atoms with Gasteiger partial charge in [0.2, 0.25) is 5.91 Å². The first-order valence-corrected chi connectivity index (χ1v) is 8.30. The van der Waals surface area contributed by atoms with Crippen molar-refractivity contribution in [2.75, 3.05) is 33.7 Å². The number of benzene rings is 1. The number of nitrogens with zero attached hydrogens (tertiary/aromatic N) is 4. The Bertz CT molecular complexity index is 718. The van der Waals surface area contributed by atoms with Crippen LogP contribution < -0.4 is 0 Å². The fourth-order valence-corrected chi connectivity index (χ4v) is 2.84. The van der Waals surface area contributed by atoms with Gasteiger partial charge in [-0.1, -0.05) is 36.4 Å². The van der Waals surface area contributed by atoms with E-state index >= 15 is 0 Å². The van der Waals surface area contributed by atoms with E-state index in [4.69, 9.17) is 0 Å². The fraction of sp³-hybridized carbons (Fsp3) is 0.368. The van der Waals surface area contributed by atoms with Crippen LogP contribution in [-0.4, -0.2) is 59.2 Å². The van der Waals surface area contributed by atoms with Crippen LogP contribution >= 0.6 is 0 Å². The molecule has 0 spiro atoms. The van der Waals surface area contributed by atoms with Gasteiger partial charge in [0.05, 0.1) is 19.3 Å². The lowest BCUT2D eigenvalue weighted by atomic mass is 10.0. The van der Waals surface area contributed by atoms with Gasteiger partial charge in [-0.3, -0.25) is 14.4 Å². The second-order valence-electron chi connectivity index (χ2n) is 6.41. The summed E-state index contributed by atoms with van der Waals surface area (Å²) in [6, 6.07) is 10.3. The van der Waals surface area contributed by atoms with Crippen molar-refractivity contribution in [3.8, 4) is 0 Å². The van der Waals surface area contributed by atoms with Crippen molar-refractivity contribution in [3.05, 3.63) is 59.9 Å². The van der Waals surface area contributed by atoms with Gasteiger partial charge in [0.1, 0.15) is 0 Å². The quantitative estimate of drug-likeness (QED) is 0.846. The molecule has 24 heavy (non-hydrogen) atoms. The molecule has 1 aromatic carbocycles. The zero-order valence-corrected chi connectivity index (χ0v) is 14.4. The molecular weight excluding hydrogens is 300 g/mol. The van der Waals surface area contributed by atoms with Crippen molar-refractivity contribution in [1.29, 1.82) is 0 Å². The molecule has 2 heterocycles. The third-order valence-corrected chi connectivity index (χ3v) is 4.34. The van der Waals surface area contributed by atoms with E-state index in [0.717, 1.165) is 26.1 Å². The molecule has 1 amide bonds. The van der Waals surface area contributed by atoms with E-state index in [2.05, 4.69) is 34.4 Å². The lowest BCUT2D eigenvalue weighted by molar-refractivity contribution is -0.129. The predicted octanol–water partition coefficient (Wildman–Crippen LogP) is 2.11. The van der Waals surface area contributed by atoms with Crippen LogP contribution in [0.4, 0.5) is 0 Å². The standard InChI is InChI=1S/C19H24N4O/c1-21(2)19(24)15-22-10-8-17(9-11-22)18-12-20-23(14-18)13-16-6-4-3-5-7-16/h3-8,12,14H,9-11,13,15H2,1-2H3. The van der Waals surface area contributed by atoms with Crippen LogP contribution in [0.2, 0.25) is 0 Å². The molecule has 3 rings (SSSR count). The van der Waals surface area contributed by atoms with Gasteiger partial charge in [-0.05, 0) is 17.6 Å². The molecule has 0 unspecified atom stereocenters. The maximum absolute atomic E-state index is 11.8. The number of likely N-dealkylation sites (N-methyl/N-ethyl adjacent to an activating group) is 1. The number of rotatable bonds is 5. The molecule has 126 valence electrons. The minimum atomic E-state index is 0.155. The van der Waals surface area contributed by atoms with Crippen molar-refractivity contribution in [2.24, 2.45) is 0 Å². The maximum Gasteiger partial charge on any atom is 0.236 e. The van der Waals surface area contributed by atoms with Crippen LogP contribution in [0.5, 0.6) is 0 Å². The summed E-state index contributed by atoms with van der Waals surface area (Å²) in [7, 11) is 3.60. The first-order chi connectivity index (χ1) is 11.6. The zero-order chi connectivity index (χ0) is 16.9. The summed E-state index contributed by atoms with van der Waals surface area (Å²) in [6.45, 7) is 3.01. The molecule has 2 aromatic rings. The second-order valence-corrected chi connectivity index (χ2v) is 6.41. The van der Waals surface area contributed by atoms with Crippen LogP contribution in [0.15, 0.2) is 48.8 Å². The molecule has 1 aliphatic heterocycles. The van der Waals surface area contributed by atoms with Gasteiger partial charge in [0.15, 0.2) is 0 Å². The van der Waals surface area contributed by atoms with E-state index in [1.165, 1.54) is 16.7 Å². The summed E-state index contributed by atoms with van der Waals surface area (Å²) in [5, 5.41) is 4.48. The molecule has 0 bridgehead atoms. The highest BCUT2D eigenvalue weighted by molar-refractivity contribution is 5.78. The molecular formula is C19H24N4O. The van der Waals surface area contributed by atoms with Crippen molar-refractivity contribution in [3.63, 3.8) is 0 Å². The average Bonchev–Trinajstić information content (AvgIpc) is 3.05. The lowest BCUT2D eigenvalue weighted by Crippen LogP contribution is -2.38. The molecule has 0 saturated carbocycles. The van der Waals surface area contributed by atoms with E-state index in [9.17, 15) is 4.79 Å². The Hall–Kier alpha value is -2.40. The molecule has 0 aliphatic carbocycles. The van der Waals surface area contributed by atoms with Crippen molar-refractivity contribution < 1.29 is 4.79 Å². The van der Waals surface area contributed by atoms with Gasteiger partial charge in [-0.25, -0.2) is 0 Å². The molecule has 0 radical (unpaired) electrons. The Kier molecular flexibility index (Phi) is 5.11. The maximum atomic E-state index is 11.8. The summed E-state index contributed by atoms with van der Waals surface area (Å²) < 4.78 is 1.98. The van der Waals surface area contributed by atoms with Gasteiger partial charge in [-0.2, -0.15) is 5.10 Å². The molecule has 0 atom stereocenters. The van der Waals surface area contributed by atoms with Gasteiger partial charge in [0, 0.05) is 38.9 Å². The summed E-state index contributed by atoms with van der Waals surface area (Å²) in [4.78, 5) is 15.6. The van der Waals surface area contributed by atoms with Gasteiger partial charge in [-0.15, -0.1) is 0 Å². The summed E-state index contributed by atoms with van der Waals surface area (Å²) in [5.74, 6) is 0.155. The third-order valence-electron chi connectivity index (χ3n) is 4.34. The minimum Gasteiger partial charge on any atom is -0.348 e. The number of carbonyl (C=O) groups excluding carboxylic acids is 1. The highest BCUT2D eigenvalue weighted by Crippen LogP contribution is 2.22.